The Bertz CT molecular complexity index is 1760. The van der Waals surface area contributed by atoms with Crippen LogP contribution in [0.3, 0.4) is 0 Å². The summed E-state index contributed by atoms with van der Waals surface area (Å²) in [6.07, 6.45) is 0. The number of hydrogen-bond acceptors (Lipinski definition) is 7. The molecular formula is C27H29Cl2N7O4S. The van der Waals surface area contributed by atoms with Gasteiger partial charge in [0.05, 0.1) is 31.5 Å². The number of halogens is 2. The Morgan fingerprint density at radius 1 is 0.976 bits per heavy atom. The van der Waals surface area contributed by atoms with Crippen LogP contribution in [0.25, 0.3) is 11.2 Å². The molecule has 11 nitrogen and oxygen atoms in total. The molecule has 1 N–H and O–H groups in total. The minimum atomic E-state index is -0.438. The zero-order chi connectivity index (χ0) is 29.4. The normalized spacial score (nSPS) is 13.5. The van der Waals surface area contributed by atoms with E-state index in [0.29, 0.717) is 82.2 Å². The highest BCUT2D eigenvalue weighted by Gasteiger charge is 2.27. The summed E-state index contributed by atoms with van der Waals surface area (Å²) in [5.41, 5.74) is 1.29. The molecule has 14 heteroatoms. The van der Waals surface area contributed by atoms with Gasteiger partial charge in [-0.2, -0.15) is 4.98 Å². The third kappa shape index (κ3) is 5.34. The van der Waals surface area contributed by atoms with Gasteiger partial charge in [0.15, 0.2) is 16.3 Å². The number of benzene rings is 2. The van der Waals surface area contributed by atoms with Crippen molar-refractivity contribution < 1.29 is 9.47 Å². The van der Waals surface area contributed by atoms with Crippen molar-refractivity contribution in [3.8, 4) is 11.5 Å². The van der Waals surface area contributed by atoms with Crippen molar-refractivity contribution in [3.63, 3.8) is 0 Å². The highest BCUT2D eigenvalue weighted by molar-refractivity contribution is 7.80. The first kappa shape index (κ1) is 28.8. The Kier molecular flexibility index (Phi) is 8.16. The van der Waals surface area contributed by atoms with E-state index in [0.717, 1.165) is 10.1 Å². The van der Waals surface area contributed by atoms with Crippen molar-refractivity contribution in [2.24, 2.45) is 14.1 Å². The van der Waals surface area contributed by atoms with E-state index >= 15 is 0 Å². The Morgan fingerprint density at radius 3 is 2.32 bits per heavy atom. The smallest absolute Gasteiger partial charge is 0.332 e. The molecule has 1 aliphatic heterocycles. The average Bonchev–Trinajstić information content (AvgIpc) is 3.36. The molecule has 4 aromatic rings. The lowest BCUT2D eigenvalue weighted by Crippen LogP contribution is -2.50. The zero-order valence-corrected chi connectivity index (χ0v) is 25.3. The highest BCUT2D eigenvalue weighted by Crippen LogP contribution is 2.36. The first-order valence-corrected chi connectivity index (χ1v) is 13.9. The third-order valence-electron chi connectivity index (χ3n) is 7.18. The fraction of sp³-hybridized carbons (Fsp3) is 0.333. The van der Waals surface area contributed by atoms with Crippen molar-refractivity contribution in [2.75, 3.05) is 50.6 Å². The number of nitrogens with zero attached hydrogens (tertiary/aromatic N) is 6. The third-order valence-corrected chi connectivity index (χ3v) is 8.20. The number of aromatic nitrogens is 4. The van der Waals surface area contributed by atoms with E-state index in [2.05, 4.69) is 10.2 Å². The van der Waals surface area contributed by atoms with Crippen molar-refractivity contribution >= 4 is 63.3 Å². The number of methoxy groups -OCH3 is 2. The summed E-state index contributed by atoms with van der Waals surface area (Å²) in [6.45, 7) is 2.64. The quantitative estimate of drug-likeness (QED) is 0.327. The second-order valence-corrected chi connectivity index (χ2v) is 10.8. The van der Waals surface area contributed by atoms with E-state index in [-0.39, 0.29) is 0 Å². The lowest BCUT2D eigenvalue weighted by molar-refractivity contribution is 0.385. The first-order valence-electron chi connectivity index (χ1n) is 12.8. The van der Waals surface area contributed by atoms with Crippen LogP contribution in [0.5, 0.6) is 11.5 Å². The molecule has 5 rings (SSSR count). The summed E-state index contributed by atoms with van der Waals surface area (Å²) < 4.78 is 15.1. The highest BCUT2D eigenvalue weighted by atomic mass is 35.5. The van der Waals surface area contributed by atoms with Crippen LogP contribution in [0.4, 0.5) is 11.6 Å². The molecule has 1 aliphatic rings. The van der Waals surface area contributed by atoms with E-state index in [1.54, 1.807) is 33.4 Å². The molecule has 1 saturated heterocycles. The zero-order valence-electron chi connectivity index (χ0n) is 23.0. The molecule has 0 aliphatic carbocycles. The van der Waals surface area contributed by atoms with Gasteiger partial charge in [-0.25, -0.2) is 4.79 Å². The average molecular weight is 619 g/mol. The van der Waals surface area contributed by atoms with Gasteiger partial charge in [-0.3, -0.25) is 18.5 Å². The number of rotatable bonds is 6. The molecule has 41 heavy (non-hydrogen) atoms. The van der Waals surface area contributed by atoms with E-state index < -0.39 is 11.2 Å². The van der Waals surface area contributed by atoms with E-state index in [1.165, 1.54) is 11.6 Å². The van der Waals surface area contributed by atoms with E-state index in [4.69, 9.17) is 49.9 Å². The minimum Gasteiger partial charge on any atom is -0.495 e. The molecule has 2 aromatic carbocycles. The van der Waals surface area contributed by atoms with Crippen LogP contribution in [-0.4, -0.2) is 69.1 Å². The van der Waals surface area contributed by atoms with Crippen LogP contribution >= 0.6 is 35.4 Å². The monoisotopic (exact) mass is 617 g/mol. The molecule has 3 heterocycles. The number of anilines is 2. The molecule has 0 atom stereocenters. The predicted octanol–water partition coefficient (Wildman–Crippen LogP) is 3.33. The fourth-order valence-electron chi connectivity index (χ4n) is 4.89. The van der Waals surface area contributed by atoms with Crippen molar-refractivity contribution in [3.05, 3.63) is 72.8 Å². The van der Waals surface area contributed by atoms with E-state index in [1.807, 2.05) is 33.7 Å². The lowest BCUT2D eigenvalue weighted by Gasteiger charge is -2.37. The second kappa shape index (κ2) is 11.6. The van der Waals surface area contributed by atoms with Gasteiger partial charge in [-0.15, -0.1) is 0 Å². The number of aryl methyl sites for hydroxylation is 1. The number of imidazole rings is 1. The molecule has 1 fully saturated rings. The summed E-state index contributed by atoms with van der Waals surface area (Å²) in [4.78, 5) is 34.9. The largest absolute Gasteiger partial charge is 0.495 e. The maximum Gasteiger partial charge on any atom is 0.332 e. The molecule has 0 amide bonds. The van der Waals surface area contributed by atoms with Crippen LogP contribution in [-0.2, 0) is 20.6 Å². The molecular weight excluding hydrogens is 589 g/mol. The SMILES string of the molecule is COc1cc(NC(=S)N2CCN(c3nc4c(c(=O)n(C)c(=O)n4C)n3Cc3ccccc3Cl)CC2)c(OC)cc1Cl. The van der Waals surface area contributed by atoms with Gasteiger partial charge in [-0.1, -0.05) is 41.4 Å². The Morgan fingerprint density at radius 2 is 1.66 bits per heavy atom. The number of piperazine rings is 1. The Labute approximate surface area is 251 Å². The van der Waals surface area contributed by atoms with Crippen LogP contribution < -0.4 is 30.9 Å². The Balaban J connectivity index is 1.43. The minimum absolute atomic E-state index is 0.317. The van der Waals surface area contributed by atoms with Gasteiger partial charge in [0.1, 0.15) is 11.5 Å². The summed E-state index contributed by atoms with van der Waals surface area (Å²) in [5, 5.41) is 4.78. The van der Waals surface area contributed by atoms with Gasteiger partial charge in [0, 0.05) is 57.4 Å². The number of fused-ring (bicyclic) bond motifs is 1. The second-order valence-electron chi connectivity index (χ2n) is 9.56. The van der Waals surface area contributed by atoms with Gasteiger partial charge in [-0.05, 0) is 23.8 Å². The molecule has 216 valence electrons. The van der Waals surface area contributed by atoms with Crippen LogP contribution in [0, 0.1) is 0 Å². The molecule has 0 saturated carbocycles. The summed E-state index contributed by atoms with van der Waals surface area (Å²) in [7, 11) is 6.18. The maximum absolute atomic E-state index is 13.3. The fourth-order valence-corrected chi connectivity index (χ4v) is 5.60. The van der Waals surface area contributed by atoms with Crippen LogP contribution in [0.1, 0.15) is 5.56 Å². The molecule has 0 radical (unpaired) electrons. The summed E-state index contributed by atoms with van der Waals surface area (Å²) in [5.74, 6) is 1.62. The molecule has 0 bridgehead atoms. The first-order chi connectivity index (χ1) is 19.6. The number of ether oxygens (including phenoxy) is 2. The van der Waals surface area contributed by atoms with Gasteiger partial charge in [0.2, 0.25) is 5.95 Å². The predicted molar refractivity (Wildman–Crippen MR) is 165 cm³/mol. The summed E-state index contributed by atoms with van der Waals surface area (Å²) in [6, 6.07) is 10.9. The van der Waals surface area contributed by atoms with Gasteiger partial charge >= 0.3 is 5.69 Å². The van der Waals surface area contributed by atoms with Crippen LogP contribution in [0.2, 0.25) is 10.0 Å². The number of thiocarbonyl (C=S) groups is 1. The van der Waals surface area contributed by atoms with Crippen molar-refractivity contribution in [1.29, 1.82) is 0 Å². The molecule has 0 spiro atoms. The lowest BCUT2D eigenvalue weighted by atomic mass is 10.2. The van der Waals surface area contributed by atoms with E-state index in [9.17, 15) is 9.59 Å². The number of nitrogens with one attached hydrogen (secondary N) is 1. The molecule has 0 unspecified atom stereocenters. The number of hydrogen-bond donors (Lipinski definition) is 1. The van der Waals surface area contributed by atoms with Gasteiger partial charge < -0.3 is 24.6 Å². The topological polar surface area (TPSA) is 98.8 Å². The molecule has 2 aromatic heterocycles. The van der Waals surface area contributed by atoms with Crippen molar-refractivity contribution in [2.45, 2.75) is 6.54 Å². The summed E-state index contributed by atoms with van der Waals surface area (Å²) >= 11 is 18.5. The Hall–Kier alpha value is -3.74. The van der Waals surface area contributed by atoms with Crippen LogP contribution in [0.15, 0.2) is 46.0 Å². The van der Waals surface area contributed by atoms with Crippen molar-refractivity contribution in [1.82, 2.24) is 23.6 Å². The maximum atomic E-state index is 13.3. The standard InChI is InChI=1S/C27H29Cl2N7O4S/c1-32-23-22(24(37)33(2)27(32)38)36(15-16-7-5-6-8-17(16)28)25(31-23)34-9-11-35(12-10-34)26(41)30-19-14-20(39-3)18(29)13-21(19)40-4/h5-8,13-14H,9-12,15H2,1-4H3,(H,30,41). The van der Waals surface area contributed by atoms with Gasteiger partial charge in [0.25, 0.3) is 5.56 Å².